The number of hydrogen-bond donors (Lipinski definition) is 3. The number of ether oxygens (including phenoxy) is 1. The molecule has 6 nitrogen and oxygen atoms in total. The molecule has 1 atom stereocenters. The number of carbonyl (C=O) groups is 1. The number of benzene rings is 1. The van der Waals surface area contributed by atoms with Gasteiger partial charge in [-0.3, -0.25) is 4.79 Å². The zero-order chi connectivity index (χ0) is 15.1. The highest BCUT2D eigenvalue weighted by atomic mass is 35.5. The van der Waals surface area contributed by atoms with Crippen LogP contribution in [0, 0.1) is 0 Å². The van der Waals surface area contributed by atoms with Gasteiger partial charge in [0.15, 0.2) is 0 Å². The summed E-state index contributed by atoms with van der Waals surface area (Å²) in [4.78, 5) is 15.7. The number of amidine groups is 1. The molecule has 0 fully saturated rings. The summed E-state index contributed by atoms with van der Waals surface area (Å²) in [6.45, 7) is 3.74. The van der Waals surface area contributed by atoms with Gasteiger partial charge in [0.1, 0.15) is 17.7 Å². The highest BCUT2D eigenvalue weighted by molar-refractivity contribution is 6.28. The number of nitrogens with one attached hydrogen (secondary N) is 1. The van der Waals surface area contributed by atoms with Crippen LogP contribution in [-0.4, -0.2) is 35.4 Å². The van der Waals surface area contributed by atoms with Crippen LogP contribution in [0.15, 0.2) is 23.2 Å². The Hall–Kier alpha value is -1.79. The summed E-state index contributed by atoms with van der Waals surface area (Å²) in [5.74, 6) is 0.356. The number of rotatable bonds is 6. The molecule has 0 saturated heterocycles. The first-order valence-electron chi connectivity index (χ1n) is 6.12. The number of halogens is 1. The molecule has 1 amide bonds. The predicted molar refractivity (Wildman–Crippen MR) is 79.9 cm³/mol. The van der Waals surface area contributed by atoms with E-state index in [-0.39, 0.29) is 11.7 Å². The van der Waals surface area contributed by atoms with Crippen LogP contribution in [0.1, 0.15) is 13.8 Å². The number of amides is 1. The molecule has 0 aliphatic carbocycles. The van der Waals surface area contributed by atoms with E-state index < -0.39 is 12.0 Å². The van der Waals surface area contributed by atoms with E-state index in [9.17, 15) is 9.90 Å². The van der Waals surface area contributed by atoms with E-state index in [4.69, 9.17) is 22.1 Å². The fourth-order valence-electron chi connectivity index (χ4n) is 1.39. The molecular weight excluding hydrogens is 282 g/mol. The second-order valence-corrected chi connectivity index (χ2v) is 4.28. The summed E-state index contributed by atoms with van der Waals surface area (Å²) in [5, 5.41) is 11.8. The molecule has 0 aliphatic rings. The normalized spacial score (nSPS) is 12.9. The van der Waals surface area contributed by atoms with Crippen LogP contribution < -0.4 is 15.8 Å². The first-order valence-corrected chi connectivity index (χ1v) is 6.66. The van der Waals surface area contributed by atoms with Gasteiger partial charge in [-0.2, -0.15) is 0 Å². The number of hydrogen-bond acceptors (Lipinski definition) is 4. The van der Waals surface area contributed by atoms with Gasteiger partial charge < -0.3 is 20.9 Å². The third-order valence-electron chi connectivity index (χ3n) is 2.32. The molecule has 0 aliphatic heterocycles. The molecule has 0 spiro atoms. The van der Waals surface area contributed by atoms with Gasteiger partial charge in [-0.15, -0.1) is 11.6 Å². The lowest BCUT2D eigenvalue weighted by Gasteiger charge is -2.12. The van der Waals surface area contributed by atoms with Gasteiger partial charge in [0.2, 0.25) is 0 Å². The Labute approximate surface area is 122 Å². The first kappa shape index (κ1) is 16.3. The van der Waals surface area contributed by atoms with Crippen molar-refractivity contribution in [2.24, 2.45) is 10.7 Å². The number of nitrogens with zero attached hydrogens (tertiary/aromatic N) is 1. The number of carbonyl (C=O) groups excluding carboxylic acids is 1. The Morgan fingerprint density at radius 3 is 2.85 bits per heavy atom. The topological polar surface area (TPSA) is 96.9 Å². The average Bonchev–Trinajstić information content (AvgIpc) is 2.41. The van der Waals surface area contributed by atoms with Crippen LogP contribution in [0.3, 0.4) is 0 Å². The lowest BCUT2D eigenvalue weighted by Crippen LogP contribution is -2.24. The van der Waals surface area contributed by atoms with Crippen LogP contribution >= 0.6 is 11.6 Å². The van der Waals surface area contributed by atoms with E-state index >= 15 is 0 Å². The monoisotopic (exact) mass is 299 g/mol. The van der Waals surface area contributed by atoms with Gasteiger partial charge in [-0.05, 0) is 26.0 Å². The Bertz CT molecular complexity index is 504. The van der Waals surface area contributed by atoms with E-state index in [1.807, 2.05) is 6.92 Å². The van der Waals surface area contributed by atoms with Crippen molar-refractivity contribution < 1.29 is 14.6 Å². The number of aliphatic imine (C=N–C) groups is 1. The van der Waals surface area contributed by atoms with Gasteiger partial charge in [0.25, 0.3) is 5.91 Å². The Morgan fingerprint density at radius 1 is 1.60 bits per heavy atom. The van der Waals surface area contributed by atoms with Gasteiger partial charge >= 0.3 is 0 Å². The van der Waals surface area contributed by atoms with Crippen LogP contribution in [0.25, 0.3) is 0 Å². The molecule has 110 valence electrons. The minimum Gasteiger partial charge on any atom is -0.494 e. The highest BCUT2D eigenvalue weighted by Crippen LogP contribution is 2.30. The number of nitrogens with two attached hydrogens (primary N) is 1. The van der Waals surface area contributed by atoms with Crippen molar-refractivity contribution in [3.05, 3.63) is 18.2 Å². The van der Waals surface area contributed by atoms with Crippen molar-refractivity contribution in [2.45, 2.75) is 20.0 Å². The van der Waals surface area contributed by atoms with Crippen LogP contribution in [-0.2, 0) is 4.79 Å². The molecule has 0 heterocycles. The number of anilines is 1. The molecule has 20 heavy (non-hydrogen) atoms. The van der Waals surface area contributed by atoms with Gasteiger partial charge in [0.05, 0.1) is 23.9 Å². The Morgan fingerprint density at radius 2 is 2.30 bits per heavy atom. The van der Waals surface area contributed by atoms with Crippen LogP contribution in [0.2, 0.25) is 0 Å². The molecule has 0 saturated carbocycles. The molecule has 0 bridgehead atoms. The van der Waals surface area contributed by atoms with Crippen molar-refractivity contribution in [3.8, 4) is 5.75 Å². The van der Waals surface area contributed by atoms with Crippen molar-refractivity contribution in [2.75, 3.05) is 17.8 Å². The third-order valence-corrected chi connectivity index (χ3v) is 2.59. The summed E-state index contributed by atoms with van der Waals surface area (Å²) < 4.78 is 5.36. The Balaban J connectivity index is 3.11. The average molecular weight is 300 g/mol. The second kappa shape index (κ2) is 7.72. The zero-order valence-corrected chi connectivity index (χ0v) is 12.1. The minimum atomic E-state index is -1.12. The van der Waals surface area contributed by atoms with E-state index in [0.717, 1.165) is 0 Å². The summed E-state index contributed by atoms with van der Waals surface area (Å²) in [5.41, 5.74) is 6.45. The number of aliphatic hydroxyl groups is 1. The maximum absolute atomic E-state index is 11.5. The van der Waals surface area contributed by atoms with Crippen LogP contribution in [0.5, 0.6) is 5.75 Å². The maximum Gasteiger partial charge on any atom is 0.252 e. The number of alkyl halides is 1. The van der Waals surface area contributed by atoms with E-state index in [2.05, 4.69) is 10.3 Å². The van der Waals surface area contributed by atoms with Crippen LogP contribution in [0.4, 0.5) is 11.4 Å². The molecule has 0 aromatic heterocycles. The molecule has 1 unspecified atom stereocenters. The van der Waals surface area contributed by atoms with Crippen molar-refractivity contribution in [3.63, 3.8) is 0 Å². The molecule has 1 rings (SSSR count). The smallest absolute Gasteiger partial charge is 0.252 e. The lowest BCUT2D eigenvalue weighted by molar-refractivity contribution is -0.123. The maximum atomic E-state index is 11.5. The largest absolute Gasteiger partial charge is 0.494 e. The predicted octanol–water partition coefficient (Wildman–Crippen LogP) is 1.63. The third kappa shape index (κ3) is 4.71. The minimum absolute atomic E-state index is 0.0721. The summed E-state index contributed by atoms with van der Waals surface area (Å²) >= 11 is 5.60. The van der Waals surface area contributed by atoms with E-state index in [1.54, 1.807) is 18.2 Å². The second-order valence-electron chi connectivity index (χ2n) is 4.01. The van der Waals surface area contributed by atoms with Gasteiger partial charge in [-0.25, -0.2) is 4.99 Å². The zero-order valence-electron chi connectivity index (χ0n) is 11.4. The SMILES string of the molecule is CCOc1ccc(NC(=O)C(C)O)c(N=C(N)CCl)c1. The van der Waals surface area contributed by atoms with E-state index in [0.29, 0.717) is 23.7 Å². The standard InChI is InChI=1S/C13H18ClN3O3/c1-3-20-9-4-5-10(17-13(19)8(2)18)11(6-9)16-12(15)7-14/h4-6,8,18H,3,7H2,1-2H3,(H2,15,16)(H,17,19). The number of aliphatic hydroxyl groups excluding tert-OH is 1. The first-order chi connectivity index (χ1) is 9.47. The Kier molecular flexibility index (Phi) is 6.27. The molecule has 1 aromatic rings. The highest BCUT2D eigenvalue weighted by Gasteiger charge is 2.12. The molecule has 0 radical (unpaired) electrons. The summed E-state index contributed by atoms with van der Waals surface area (Å²) in [7, 11) is 0. The van der Waals surface area contributed by atoms with Gasteiger partial charge in [0, 0.05) is 6.07 Å². The summed E-state index contributed by atoms with van der Waals surface area (Å²) in [6.07, 6.45) is -1.12. The summed E-state index contributed by atoms with van der Waals surface area (Å²) in [6, 6.07) is 4.96. The molecule has 7 heteroatoms. The quantitative estimate of drug-likeness (QED) is 0.422. The molecule has 4 N–H and O–H groups in total. The van der Waals surface area contributed by atoms with Gasteiger partial charge in [-0.1, -0.05) is 0 Å². The van der Waals surface area contributed by atoms with Crippen molar-refractivity contribution >= 4 is 34.7 Å². The van der Waals surface area contributed by atoms with Crippen molar-refractivity contribution in [1.82, 2.24) is 0 Å². The van der Waals surface area contributed by atoms with E-state index in [1.165, 1.54) is 6.92 Å². The van der Waals surface area contributed by atoms with Crippen molar-refractivity contribution in [1.29, 1.82) is 0 Å². The fraction of sp³-hybridized carbons (Fsp3) is 0.385. The molecule has 1 aromatic carbocycles. The molecular formula is C13H18ClN3O3. The lowest BCUT2D eigenvalue weighted by atomic mass is 10.2. The fourth-order valence-corrected chi connectivity index (χ4v) is 1.45.